The molecule has 0 heterocycles. The number of allylic oxidation sites excluding steroid dienone is 2. The highest BCUT2D eigenvalue weighted by Crippen LogP contribution is 2.72. The van der Waals surface area contributed by atoms with E-state index in [1.807, 2.05) is 12.1 Å². The van der Waals surface area contributed by atoms with Crippen molar-refractivity contribution in [2.75, 3.05) is 0 Å². The van der Waals surface area contributed by atoms with Crippen LogP contribution in [0.4, 0.5) is 0 Å². The topological polar surface area (TPSA) is 43.1 Å². The molecule has 0 radical (unpaired) electrons. The van der Waals surface area contributed by atoms with E-state index in [2.05, 4.69) is 12.1 Å². The number of aryl methyl sites for hydroxylation is 1. The lowest BCUT2D eigenvalue weighted by Gasteiger charge is -2.45. The Morgan fingerprint density at radius 1 is 1.29 bits per heavy atom. The van der Waals surface area contributed by atoms with Gasteiger partial charge in [0.1, 0.15) is 0 Å². The highest BCUT2D eigenvalue weighted by Gasteiger charge is 2.62. The number of nitrogens with two attached hydrogens (primary N) is 1. The van der Waals surface area contributed by atoms with Gasteiger partial charge in [-0.15, -0.1) is 0 Å². The Labute approximate surface area is 125 Å². The number of primary amides is 1. The molecule has 4 aliphatic carbocycles. The Hall–Kier alpha value is -1.57. The smallest absolute Gasteiger partial charge is 0.248 e. The highest BCUT2D eigenvalue weighted by molar-refractivity contribution is 5.93. The fourth-order valence-electron chi connectivity index (χ4n) is 5.81. The quantitative estimate of drug-likeness (QED) is 0.785. The fraction of sp³-hybridized carbons (Fsp3) is 0.526. The predicted molar refractivity (Wildman–Crippen MR) is 82.0 cm³/mol. The summed E-state index contributed by atoms with van der Waals surface area (Å²) >= 11 is 0. The monoisotopic (exact) mass is 279 g/mol. The van der Waals surface area contributed by atoms with Crippen molar-refractivity contribution in [2.24, 2.45) is 23.0 Å². The largest absolute Gasteiger partial charge is 0.366 e. The summed E-state index contributed by atoms with van der Waals surface area (Å²) in [5.74, 6) is 2.20. The molecule has 1 aromatic rings. The minimum atomic E-state index is -0.301. The number of rotatable bonds is 1. The van der Waals surface area contributed by atoms with Gasteiger partial charge in [0.05, 0.1) is 0 Å². The SMILES string of the molecule is NC(=O)c1ccc2c(c1)CCC1C2CCC23CC2=CCC13. The third kappa shape index (κ3) is 1.46. The summed E-state index contributed by atoms with van der Waals surface area (Å²) in [6, 6.07) is 6.18. The van der Waals surface area contributed by atoms with Crippen LogP contribution in [0.3, 0.4) is 0 Å². The molecule has 1 aromatic carbocycles. The van der Waals surface area contributed by atoms with Crippen LogP contribution in [0.15, 0.2) is 29.8 Å². The van der Waals surface area contributed by atoms with Crippen LogP contribution < -0.4 is 5.73 Å². The van der Waals surface area contributed by atoms with Crippen molar-refractivity contribution in [3.05, 3.63) is 46.5 Å². The molecule has 0 saturated heterocycles. The summed E-state index contributed by atoms with van der Waals surface area (Å²) in [4.78, 5) is 11.4. The average Bonchev–Trinajstić information content (AvgIpc) is 3.07. The first-order valence-corrected chi connectivity index (χ1v) is 8.31. The molecule has 2 nitrogen and oxygen atoms in total. The Morgan fingerprint density at radius 2 is 2.19 bits per heavy atom. The van der Waals surface area contributed by atoms with E-state index < -0.39 is 0 Å². The highest BCUT2D eigenvalue weighted by atomic mass is 16.1. The zero-order valence-corrected chi connectivity index (χ0v) is 12.3. The van der Waals surface area contributed by atoms with Crippen molar-refractivity contribution < 1.29 is 4.79 Å². The van der Waals surface area contributed by atoms with Gasteiger partial charge in [-0.2, -0.15) is 0 Å². The van der Waals surface area contributed by atoms with Crippen LogP contribution >= 0.6 is 0 Å². The van der Waals surface area contributed by atoms with E-state index in [9.17, 15) is 4.79 Å². The third-order valence-corrected chi connectivity index (χ3v) is 6.86. The molecule has 0 bridgehead atoms. The lowest BCUT2D eigenvalue weighted by molar-refractivity contribution is 0.0999. The van der Waals surface area contributed by atoms with E-state index in [0.29, 0.717) is 11.0 Å². The van der Waals surface area contributed by atoms with Gasteiger partial charge >= 0.3 is 0 Å². The number of hydrogen-bond acceptors (Lipinski definition) is 1. The Kier molecular flexibility index (Phi) is 2.17. The van der Waals surface area contributed by atoms with Crippen LogP contribution in [0.2, 0.25) is 0 Å². The maximum Gasteiger partial charge on any atom is 0.248 e. The molecule has 2 heteroatoms. The predicted octanol–water partition coefficient (Wildman–Crippen LogP) is 3.56. The van der Waals surface area contributed by atoms with Crippen molar-refractivity contribution in [1.82, 2.24) is 0 Å². The van der Waals surface area contributed by atoms with Gasteiger partial charge in [0, 0.05) is 5.56 Å². The van der Waals surface area contributed by atoms with E-state index in [1.165, 1.54) is 43.2 Å². The van der Waals surface area contributed by atoms with Gasteiger partial charge in [-0.25, -0.2) is 0 Å². The Bertz CT molecular complexity index is 689. The fourth-order valence-corrected chi connectivity index (χ4v) is 5.81. The second-order valence-corrected chi connectivity index (χ2v) is 7.53. The van der Waals surface area contributed by atoms with Gasteiger partial charge in [-0.3, -0.25) is 4.79 Å². The standard InChI is InChI=1S/C19H21NO/c20-18(21)12-2-4-14-11(9-12)1-5-16-15(14)7-8-19-10-13(19)3-6-17(16)19/h2-4,9,15-17H,1,5-8,10H2,(H2,20,21). The number of hydrogen-bond donors (Lipinski definition) is 1. The molecule has 4 unspecified atom stereocenters. The summed E-state index contributed by atoms with van der Waals surface area (Å²) in [6.07, 6.45) is 10.4. The van der Waals surface area contributed by atoms with E-state index in [-0.39, 0.29) is 5.91 Å². The van der Waals surface area contributed by atoms with Crippen molar-refractivity contribution in [2.45, 2.75) is 44.4 Å². The summed E-state index contributed by atoms with van der Waals surface area (Å²) in [6.45, 7) is 0. The van der Waals surface area contributed by atoms with Crippen LogP contribution in [-0.2, 0) is 6.42 Å². The zero-order chi connectivity index (χ0) is 14.2. The van der Waals surface area contributed by atoms with E-state index in [0.717, 1.165) is 24.2 Å². The zero-order valence-electron chi connectivity index (χ0n) is 12.3. The number of fused-ring (bicyclic) bond motifs is 4. The molecular weight excluding hydrogens is 258 g/mol. The maximum absolute atomic E-state index is 11.4. The van der Waals surface area contributed by atoms with Crippen LogP contribution in [0.5, 0.6) is 0 Å². The molecule has 4 aliphatic rings. The van der Waals surface area contributed by atoms with Crippen LogP contribution in [-0.4, -0.2) is 5.91 Å². The minimum absolute atomic E-state index is 0.301. The lowest BCUT2D eigenvalue weighted by Crippen LogP contribution is -2.36. The Morgan fingerprint density at radius 3 is 3.00 bits per heavy atom. The first kappa shape index (κ1) is 12.0. The number of amides is 1. The van der Waals surface area contributed by atoms with Gasteiger partial charge in [-0.05, 0) is 85.0 Å². The summed E-state index contributed by atoms with van der Waals surface area (Å²) in [5.41, 5.74) is 11.4. The summed E-state index contributed by atoms with van der Waals surface area (Å²) in [7, 11) is 0. The molecule has 2 saturated carbocycles. The minimum Gasteiger partial charge on any atom is -0.366 e. The van der Waals surface area contributed by atoms with E-state index >= 15 is 0 Å². The number of carbonyl (C=O) groups is 1. The first-order chi connectivity index (χ1) is 10.2. The van der Waals surface area contributed by atoms with Crippen LogP contribution in [0, 0.1) is 17.3 Å². The second kappa shape index (κ2) is 3.79. The lowest BCUT2D eigenvalue weighted by atomic mass is 9.58. The van der Waals surface area contributed by atoms with Crippen molar-refractivity contribution >= 4 is 5.91 Å². The van der Waals surface area contributed by atoms with Gasteiger partial charge in [-0.1, -0.05) is 17.7 Å². The first-order valence-electron chi connectivity index (χ1n) is 8.31. The molecule has 4 atom stereocenters. The molecule has 0 aliphatic heterocycles. The molecule has 1 spiro atoms. The van der Waals surface area contributed by atoms with Crippen molar-refractivity contribution in [1.29, 1.82) is 0 Å². The molecule has 2 fully saturated rings. The average molecular weight is 279 g/mol. The summed E-state index contributed by atoms with van der Waals surface area (Å²) < 4.78 is 0. The normalized spacial score (nSPS) is 38.7. The van der Waals surface area contributed by atoms with Gasteiger partial charge in [0.15, 0.2) is 0 Å². The molecule has 0 aromatic heterocycles. The second-order valence-electron chi connectivity index (χ2n) is 7.53. The van der Waals surface area contributed by atoms with E-state index in [4.69, 9.17) is 5.73 Å². The van der Waals surface area contributed by atoms with Crippen LogP contribution in [0.1, 0.15) is 59.5 Å². The molecular formula is C19H21NO. The molecule has 21 heavy (non-hydrogen) atoms. The third-order valence-electron chi connectivity index (χ3n) is 6.86. The van der Waals surface area contributed by atoms with Crippen molar-refractivity contribution in [3.63, 3.8) is 0 Å². The molecule has 108 valence electrons. The Balaban J connectivity index is 1.52. The van der Waals surface area contributed by atoms with Gasteiger partial charge in [0.2, 0.25) is 5.91 Å². The maximum atomic E-state index is 11.4. The van der Waals surface area contributed by atoms with Gasteiger partial charge < -0.3 is 5.73 Å². The number of carbonyl (C=O) groups excluding carboxylic acids is 1. The molecule has 2 N–H and O–H groups in total. The molecule has 5 rings (SSSR count). The number of benzene rings is 1. The summed E-state index contributed by atoms with van der Waals surface area (Å²) in [5, 5.41) is 0. The van der Waals surface area contributed by atoms with Gasteiger partial charge in [0.25, 0.3) is 0 Å². The molecule has 1 amide bonds. The van der Waals surface area contributed by atoms with E-state index in [1.54, 1.807) is 5.57 Å². The van der Waals surface area contributed by atoms with Crippen molar-refractivity contribution in [3.8, 4) is 0 Å². The van der Waals surface area contributed by atoms with Crippen LogP contribution in [0.25, 0.3) is 0 Å².